The Bertz CT molecular complexity index is 754. The van der Waals surface area contributed by atoms with E-state index in [0.717, 1.165) is 12.1 Å². The number of nitrogens with one attached hydrogen (secondary N) is 1. The Labute approximate surface area is 139 Å². The van der Waals surface area contributed by atoms with Crippen molar-refractivity contribution in [2.24, 2.45) is 0 Å². The maximum absolute atomic E-state index is 13.3. The van der Waals surface area contributed by atoms with E-state index in [2.05, 4.69) is 21.2 Å². The van der Waals surface area contributed by atoms with E-state index in [9.17, 15) is 19.3 Å². The minimum absolute atomic E-state index is 0.116. The summed E-state index contributed by atoms with van der Waals surface area (Å²) in [6.45, 7) is 1.53. The molecule has 8 heteroatoms. The van der Waals surface area contributed by atoms with Crippen LogP contribution < -0.4 is 10.1 Å². The normalized spacial score (nSPS) is 11.6. The van der Waals surface area contributed by atoms with Gasteiger partial charge in [0.15, 0.2) is 6.10 Å². The number of nitrogens with zero attached hydrogens (tertiary/aromatic N) is 1. The molecule has 0 aliphatic heterocycles. The topological polar surface area (TPSA) is 81.5 Å². The number of carbonyl (C=O) groups excluding carboxylic acids is 1. The number of benzene rings is 2. The minimum atomic E-state index is -0.967. The fourth-order valence-electron chi connectivity index (χ4n) is 1.76. The zero-order chi connectivity index (χ0) is 17.0. The van der Waals surface area contributed by atoms with Gasteiger partial charge in [0.25, 0.3) is 5.91 Å². The number of nitro groups is 1. The van der Waals surface area contributed by atoms with Crippen LogP contribution in [0.2, 0.25) is 0 Å². The van der Waals surface area contributed by atoms with Gasteiger partial charge in [-0.1, -0.05) is 12.1 Å². The first kappa shape index (κ1) is 16.9. The molecule has 0 aliphatic carbocycles. The molecule has 120 valence electrons. The average molecular weight is 383 g/mol. The number of ether oxygens (including phenoxy) is 1. The monoisotopic (exact) mass is 382 g/mol. The number of halogens is 2. The van der Waals surface area contributed by atoms with Crippen molar-refractivity contribution < 1.29 is 18.8 Å². The van der Waals surface area contributed by atoms with E-state index in [1.54, 1.807) is 24.3 Å². The number of hydrogen-bond acceptors (Lipinski definition) is 4. The van der Waals surface area contributed by atoms with Gasteiger partial charge < -0.3 is 10.1 Å². The highest BCUT2D eigenvalue weighted by molar-refractivity contribution is 9.10. The lowest BCUT2D eigenvalue weighted by atomic mass is 10.2. The molecule has 0 radical (unpaired) electrons. The third kappa shape index (κ3) is 4.26. The summed E-state index contributed by atoms with van der Waals surface area (Å²) in [6, 6.07) is 10.1. The van der Waals surface area contributed by atoms with E-state index >= 15 is 0 Å². The first-order chi connectivity index (χ1) is 10.9. The minimum Gasteiger partial charge on any atom is -0.480 e. The molecule has 0 heterocycles. The number of carbonyl (C=O) groups is 1. The molecule has 6 nitrogen and oxygen atoms in total. The van der Waals surface area contributed by atoms with Crippen LogP contribution in [0.1, 0.15) is 6.92 Å². The average Bonchev–Trinajstić information content (AvgIpc) is 2.51. The summed E-state index contributed by atoms with van der Waals surface area (Å²) >= 11 is 3.30. The molecule has 0 aromatic heterocycles. The van der Waals surface area contributed by atoms with Crippen molar-refractivity contribution in [3.8, 4) is 5.75 Å². The molecule has 23 heavy (non-hydrogen) atoms. The van der Waals surface area contributed by atoms with Crippen molar-refractivity contribution in [1.29, 1.82) is 0 Å². The Morgan fingerprint density at radius 3 is 2.70 bits per heavy atom. The van der Waals surface area contributed by atoms with Crippen molar-refractivity contribution in [3.05, 3.63) is 62.9 Å². The van der Waals surface area contributed by atoms with Gasteiger partial charge >= 0.3 is 5.69 Å². The number of nitro benzene ring substituents is 1. The lowest BCUT2D eigenvalue weighted by molar-refractivity contribution is -0.387. The summed E-state index contributed by atoms with van der Waals surface area (Å²) in [5.74, 6) is -0.993. The molecule has 1 N–H and O–H groups in total. The van der Waals surface area contributed by atoms with Gasteiger partial charge in [0, 0.05) is 11.8 Å². The molecule has 2 aromatic carbocycles. The second-order valence-electron chi connectivity index (χ2n) is 4.60. The largest absolute Gasteiger partial charge is 0.480 e. The van der Waals surface area contributed by atoms with Gasteiger partial charge in [-0.2, -0.15) is 4.39 Å². The van der Waals surface area contributed by atoms with Gasteiger partial charge in [-0.05, 0) is 47.1 Å². The summed E-state index contributed by atoms with van der Waals surface area (Å²) in [6.07, 6.45) is -0.849. The fraction of sp³-hybridized carbons (Fsp3) is 0.133. The van der Waals surface area contributed by atoms with Crippen LogP contribution in [0.15, 0.2) is 46.9 Å². The van der Waals surface area contributed by atoms with E-state index in [1.165, 1.54) is 13.0 Å². The molecule has 0 saturated heterocycles. The standard InChI is InChI=1S/C15H12BrFN2O4/c1-9(23-14-5-3-2-4-11(14)16)15(20)18-10-6-7-12(17)13(8-10)19(21)22/h2-9H,1H3,(H,18,20). The second-order valence-corrected chi connectivity index (χ2v) is 5.46. The Morgan fingerprint density at radius 2 is 2.04 bits per heavy atom. The van der Waals surface area contributed by atoms with Gasteiger partial charge in [-0.15, -0.1) is 0 Å². The van der Waals surface area contributed by atoms with Crippen molar-refractivity contribution in [1.82, 2.24) is 0 Å². The predicted octanol–water partition coefficient (Wildman–Crippen LogP) is 3.90. The van der Waals surface area contributed by atoms with Crippen LogP contribution >= 0.6 is 15.9 Å². The van der Waals surface area contributed by atoms with Crippen LogP contribution in [0.3, 0.4) is 0 Å². The predicted molar refractivity (Wildman–Crippen MR) is 85.9 cm³/mol. The lowest BCUT2D eigenvalue weighted by Crippen LogP contribution is -2.30. The van der Waals surface area contributed by atoms with E-state index < -0.39 is 28.4 Å². The third-order valence-electron chi connectivity index (χ3n) is 2.92. The molecule has 1 atom stereocenters. The fourth-order valence-corrected chi connectivity index (χ4v) is 2.14. The number of hydrogen-bond donors (Lipinski definition) is 1. The molecule has 2 aromatic rings. The molecule has 0 spiro atoms. The Kier molecular flexibility index (Phi) is 5.28. The molecular weight excluding hydrogens is 371 g/mol. The first-order valence-electron chi connectivity index (χ1n) is 6.54. The van der Waals surface area contributed by atoms with Crippen LogP contribution in [0.5, 0.6) is 5.75 Å². The first-order valence-corrected chi connectivity index (χ1v) is 7.34. The zero-order valence-electron chi connectivity index (χ0n) is 12.0. The van der Waals surface area contributed by atoms with Crippen molar-refractivity contribution in [2.75, 3.05) is 5.32 Å². The van der Waals surface area contributed by atoms with Crippen molar-refractivity contribution >= 4 is 33.2 Å². The summed E-state index contributed by atoms with van der Waals surface area (Å²) in [5, 5.41) is 13.1. The number of rotatable bonds is 5. The Hall–Kier alpha value is -2.48. The maximum Gasteiger partial charge on any atom is 0.306 e. The van der Waals surface area contributed by atoms with Gasteiger partial charge in [0.05, 0.1) is 9.40 Å². The van der Waals surface area contributed by atoms with Crippen LogP contribution in [0.4, 0.5) is 15.8 Å². The second kappa shape index (κ2) is 7.19. The molecule has 1 unspecified atom stereocenters. The van der Waals surface area contributed by atoms with E-state index in [4.69, 9.17) is 4.74 Å². The van der Waals surface area contributed by atoms with Crippen LogP contribution in [-0.4, -0.2) is 16.9 Å². The highest BCUT2D eigenvalue weighted by Gasteiger charge is 2.19. The van der Waals surface area contributed by atoms with Gasteiger partial charge in [-0.3, -0.25) is 14.9 Å². The van der Waals surface area contributed by atoms with Crippen LogP contribution in [0, 0.1) is 15.9 Å². The van der Waals surface area contributed by atoms with Gasteiger partial charge in [-0.25, -0.2) is 0 Å². The van der Waals surface area contributed by atoms with Crippen LogP contribution in [-0.2, 0) is 4.79 Å². The van der Waals surface area contributed by atoms with E-state index in [1.807, 2.05) is 0 Å². The number of amides is 1. The molecule has 0 saturated carbocycles. The molecule has 0 bridgehead atoms. The van der Waals surface area contributed by atoms with E-state index in [0.29, 0.717) is 10.2 Å². The highest BCUT2D eigenvalue weighted by atomic mass is 79.9. The number of para-hydroxylation sites is 1. The zero-order valence-corrected chi connectivity index (χ0v) is 13.5. The number of anilines is 1. The van der Waals surface area contributed by atoms with E-state index in [-0.39, 0.29) is 5.69 Å². The summed E-state index contributed by atoms with van der Waals surface area (Å²) in [5.41, 5.74) is -0.590. The maximum atomic E-state index is 13.3. The summed E-state index contributed by atoms with van der Waals surface area (Å²) in [4.78, 5) is 21.9. The Morgan fingerprint density at radius 1 is 1.35 bits per heavy atom. The van der Waals surface area contributed by atoms with Crippen molar-refractivity contribution in [2.45, 2.75) is 13.0 Å². The van der Waals surface area contributed by atoms with Gasteiger partial charge in [0.2, 0.25) is 5.82 Å². The van der Waals surface area contributed by atoms with Crippen LogP contribution in [0.25, 0.3) is 0 Å². The van der Waals surface area contributed by atoms with Gasteiger partial charge in [0.1, 0.15) is 5.75 Å². The lowest BCUT2D eigenvalue weighted by Gasteiger charge is -2.15. The van der Waals surface area contributed by atoms with Crippen molar-refractivity contribution in [3.63, 3.8) is 0 Å². The molecule has 1 amide bonds. The summed E-state index contributed by atoms with van der Waals surface area (Å²) in [7, 11) is 0. The quantitative estimate of drug-likeness (QED) is 0.627. The SMILES string of the molecule is CC(Oc1ccccc1Br)C(=O)Nc1ccc(F)c([N+](=O)[O-])c1. The molecular formula is C15H12BrFN2O4. The summed E-state index contributed by atoms with van der Waals surface area (Å²) < 4.78 is 19.5. The smallest absolute Gasteiger partial charge is 0.306 e. The molecule has 0 fully saturated rings. The molecule has 2 rings (SSSR count). The third-order valence-corrected chi connectivity index (χ3v) is 3.58. The Balaban J connectivity index is 2.08. The highest BCUT2D eigenvalue weighted by Crippen LogP contribution is 2.25. The molecule has 0 aliphatic rings.